The Kier molecular flexibility index (Phi) is 4.62. The maximum absolute atomic E-state index is 11.9. The minimum atomic E-state index is -0.288. The van der Waals surface area contributed by atoms with Gasteiger partial charge in [0.1, 0.15) is 0 Å². The average Bonchev–Trinajstić information content (AvgIpc) is 3.18. The van der Waals surface area contributed by atoms with E-state index in [-0.39, 0.29) is 11.8 Å². The Morgan fingerprint density at radius 3 is 2.87 bits per heavy atom. The van der Waals surface area contributed by atoms with Gasteiger partial charge in [-0.05, 0) is 45.0 Å². The van der Waals surface area contributed by atoms with Crippen LogP contribution < -0.4 is 11.1 Å². The van der Waals surface area contributed by atoms with Gasteiger partial charge in [-0.25, -0.2) is 4.79 Å². The lowest BCUT2D eigenvalue weighted by Crippen LogP contribution is -2.35. The zero-order chi connectivity index (χ0) is 16.2. The third-order valence-electron chi connectivity index (χ3n) is 4.26. The highest BCUT2D eigenvalue weighted by Crippen LogP contribution is 2.12. The second-order valence-electron chi connectivity index (χ2n) is 5.81. The number of oxazole rings is 1. The van der Waals surface area contributed by atoms with E-state index in [0.29, 0.717) is 18.2 Å². The van der Waals surface area contributed by atoms with Gasteiger partial charge in [0.15, 0.2) is 5.58 Å². The Hall–Kier alpha value is -2.34. The van der Waals surface area contributed by atoms with E-state index in [1.54, 1.807) is 10.8 Å². The van der Waals surface area contributed by atoms with Gasteiger partial charge in [-0.2, -0.15) is 5.10 Å². The van der Waals surface area contributed by atoms with Crippen molar-refractivity contribution in [2.24, 2.45) is 0 Å². The Balaban J connectivity index is 1.53. The molecule has 0 saturated carbocycles. The molecule has 0 spiro atoms. The highest BCUT2D eigenvalue weighted by molar-refractivity contribution is 5.72. The molecule has 1 N–H and O–H groups in total. The number of benzene rings is 1. The summed E-state index contributed by atoms with van der Waals surface area (Å²) in [5, 5.41) is 7.76. The summed E-state index contributed by atoms with van der Waals surface area (Å²) < 4.78 is 8.88. The van der Waals surface area contributed by atoms with Crippen molar-refractivity contribution in [1.29, 1.82) is 0 Å². The minimum Gasteiger partial charge on any atom is -0.408 e. The summed E-state index contributed by atoms with van der Waals surface area (Å²) >= 11 is 0. The summed E-state index contributed by atoms with van der Waals surface area (Å²) in [5.41, 5.74) is 1.50. The molecular weight excluding hydrogens is 292 g/mol. The van der Waals surface area contributed by atoms with Crippen molar-refractivity contribution in [2.45, 2.75) is 38.9 Å². The molecule has 122 valence electrons. The highest BCUT2D eigenvalue weighted by atomic mass is 16.4. The van der Waals surface area contributed by atoms with Crippen LogP contribution in [0.25, 0.3) is 11.1 Å². The molecule has 0 amide bonds. The smallest absolute Gasteiger partial charge is 0.408 e. The van der Waals surface area contributed by atoms with E-state index in [0.717, 1.165) is 18.5 Å². The van der Waals surface area contributed by atoms with E-state index in [9.17, 15) is 4.79 Å². The van der Waals surface area contributed by atoms with Crippen LogP contribution in [0.2, 0.25) is 0 Å². The second kappa shape index (κ2) is 6.83. The third-order valence-corrected chi connectivity index (χ3v) is 4.26. The van der Waals surface area contributed by atoms with Crippen molar-refractivity contribution in [1.82, 2.24) is 19.7 Å². The van der Waals surface area contributed by atoms with Gasteiger partial charge in [0.25, 0.3) is 0 Å². The van der Waals surface area contributed by atoms with Gasteiger partial charge in [0, 0.05) is 25.0 Å². The van der Waals surface area contributed by atoms with Gasteiger partial charge < -0.3 is 9.73 Å². The number of aryl methyl sites for hydroxylation is 1. The van der Waals surface area contributed by atoms with E-state index < -0.39 is 0 Å². The van der Waals surface area contributed by atoms with Crippen molar-refractivity contribution in [3.63, 3.8) is 0 Å². The van der Waals surface area contributed by atoms with Gasteiger partial charge >= 0.3 is 5.76 Å². The molecule has 1 aromatic carbocycles. The first-order chi connectivity index (χ1) is 11.2. The Morgan fingerprint density at radius 1 is 1.26 bits per heavy atom. The molecule has 0 aliphatic rings. The number of hydrogen-bond acceptors (Lipinski definition) is 4. The molecule has 0 radical (unpaired) electrons. The quantitative estimate of drug-likeness (QED) is 0.680. The van der Waals surface area contributed by atoms with E-state index in [4.69, 9.17) is 4.42 Å². The molecule has 0 aliphatic carbocycles. The van der Waals surface area contributed by atoms with Gasteiger partial charge in [0.05, 0.1) is 11.6 Å². The zero-order valence-corrected chi connectivity index (χ0v) is 13.5. The van der Waals surface area contributed by atoms with Crippen molar-refractivity contribution in [3.8, 4) is 0 Å². The molecular formula is C17H22N4O2. The van der Waals surface area contributed by atoms with Crippen molar-refractivity contribution in [3.05, 3.63) is 53.3 Å². The number of fused-ring (bicyclic) bond motifs is 1. The molecule has 6 heteroatoms. The number of para-hydroxylation sites is 2. The molecule has 0 unspecified atom stereocenters. The van der Waals surface area contributed by atoms with Crippen LogP contribution in [-0.2, 0) is 6.54 Å². The summed E-state index contributed by atoms with van der Waals surface area (Å²) in [7, 11) is 0. The third kappa shape index (κ3) is 3.37. The van der Waals surface area contributed by atoms with Gasteiger partial charge in [-0.3, -0.25) is 9.25 Å². The maximum atomic E-state index is 11.9. The number of hydrogen-bond donors (Lipinski definition) is 1. The Morgan fingerprint density at radius 2 is 2.09 bits per heavy atom. The van der Waals surface area contributed by atoms with Crippen LogP contribution in [-0.4, -0.2) is 26.9 Å². The molecule has 0 saturated heterocycles. The molecule has 3 aromatic rings. The molecule has 6 nitrogen and oxygen atoms in total. The monoisotopic (exact) mass is 314 g/mol. The molecule has 3 rings (SSSR count). The Bertz CT molecular complexity index is 803. The van der Waals surface area contributed by atoms with E-state index in [1.807, 2.05) is 41.2 Å². The standard InChI is InChI=1S/C17H22N4O2/c1-13(14(2)21-12-6-10-19-21)18-9-5-11-20-15-7-3-4-8-16(15)23-17(20)22/h3-4,6-8,10,12-14,18H,5,9,11H2,1-2H3/t13-,14+/m1/s1. The number of aromatic nitrogens is 3. The fourth-order valence-corrected chi connectivity index (χ4v) is 2.71. The van der Waals surface area contributed by atoms with Crippen LogP contribution in [0.4, 0.5) is 0 Å². The first-order valence-corrected chi connectivity index (χ1v) is 7.97. The highest BCUT2D eigenvalue weighted by Gasteiger charge is 2.13. The largest absolute Gasteiger partial charge is 0.419 e. The van der Waals surface area contributed by atoms with Crippen LogP contribution in [0.5, 0.6) is 0 Å². The number of rotatable bonds is 7. The van der Waals surface area contributed by atoms with Crippen molar-refractivity contribution >= 4 is 11.1 Å². The lowest BCUT2D eigenvalue weighted by Gasteiger charge is -2.21. The predicted octanol–water partition coefficient (Wildman–Crippen LogP) is 2.42. The van der Waals surface area contributed by atoms with E-state index in [1.165, 1.54) is 0 Å². The number of nitrogens with one attached hydrogen (secondary N) is 1. The SMILES string of the molecule is C[C@@H](NCCCn1c(=O)oc2ccccc21)[C@H](C)n1cccn1. The van der Waals surface area contributed by atoms with Crippen LogP contribution in [0, 0.1) is 0 Å². The molecule has 2 aromatic heterocycles. The van der Waals surface area contributed by atoms with Crippen LogP contribution >= 0.6 is 0 Å². The average molecular weight is 314 g/mol. The first kappa shape index (κ1) is 15.6. The van der Waals surface area contributed by atoms with Crippen molar-refractivity contribution in [2.75, 3.05) is 6.54 Å². The first-order valence-electron chi connectivity index (χ1n) is 7.97. The molecule has 2 heterocycles. The van der Waals surface area contributed by atoms with Crippen LogP contribution in [0.3, 0.4) is 0 Å². The molecule has 0 aliphatic heterocycles. The summed E-state index contributed by atoms with van der Waals surface area (Å²) in [4.78, 5) is 11.9. The molecule has 0 fully saturated rings. The Labute approximate surface area is 134 Å². The minimum absolute atomic E-state index is 0.280. The summed E-state index contributed by atoms with van der Waals surface area (Å²) in [6.45, 7) is 5.76. The fraction of sp³-hybridized carbons (Fsp3) is 0.412. The normalized spacial score (nSPS) is 14.2. The van der Waals surface area contributed by atoms with E-state index in [2.05, 4.69) is 24.3 Å². The van der Waals surface area contributed by atoms with Crippen molar-refractivity contribution < 1.29 is 4.42 Å². The summed E-state index contributed by atoms with van der Waals surface area (Å²) in [6, 6.07) is 10.0. The summed E-state index contributed by atoms with van der Waals surface area (Å²) in [6.07, 6.45) is 4.62. The van der Waals surface area contributed by atoms with Gasteiger partial charge in [-0.1, -0.05) is 12.1 Å². The van der Waals surface area contributed by atoms with E-state index >= 15 is 0 Å². The lowest BCUT2D eigenvalue weighted by atomic mass is 10.1. The predicted molar refractivity (Wildman–Crippen MR) is 89.5 cm³/mol. The van der Waals surface area contributed by atoms with Gasteiger partial charge in [0.2, 0.25) is 0 Å². The van der Waals surface area contributed by atoms with Crippen LogP contribution in [0.15, 0.2) is 51.9 Å². The maximum Gasteiger partial charge on any atom is 0.419 e. The number of nitrogens with zero attached hydrogens (tertiary/aromatic N) is 3. The summed E-state index contributed by atoms with van der Waals surface area (Å²) in [5.74, 6) is -0.288. The van der Waals surface area contributed by atoms with Crippen LogP contribution in [0.1, 0.15) is 26.3 Å². The topological polar surface area (TPSA) is 65.0 Å². The molecule has 2 atom stereocenters. The zero-order valence-electron chi connectivity index (χ0n) is 13.5. The lowest BCUT2D eigenvalue weighted by molar-refractivity contribution is 0.361. The van der Waals surface area contributed by atoms with Gasteiger partial charge in [-0.15, -0.1) is 0 Å². The molecule has 0 bridgehead atoms. The molecule has 23 heavy (non-hydrogen) atoms. The fourth-order valence-electron chi connectivity index (χ4n) is 2.71. The second-order valence-corrected chi connectivity index (χ2v) is 5.81.